The largest absolute Gasteiger partial charge is 0.396 e. The van der Waals surface area contributed by atoms with Crippen molar-refractivity contribution in [3.63, 3.8) is 0 Å². The average Bonchev–Trinajstić information content (AvgIpc) is 2.84. The molecular formula is C15H15NO2S. The van der Waals surface area contributed by atoms with Crippen molar-refractivity contribution in [1.82, 2.24) is 4.37 Å². The van der Waals surface area contributed by atoms with E-state index < -0.39 is 0 Å². The zero-order valence-corrected chi connectivity index (χ0v) is 11.2. The van der Waals surface area contributed by atoms with Crippen LogP contribution in [-0.4, -0.2) is 16.1 Å². The number of aromatic amines is 1. The van der Waals surface area contributed by atoms with Gasteiger partial charge in [0.15, 0.2) is 0 Å². The fourth-order valence-electron chi connectivity index (χ4n) is 1.67. The zero-order valence-electron chi connectivity index (χ0n) is 10.4. The zero-order chi connectivity index (χ0) is 13.5. The van der Waals surface area contributed by atoms with Crippen LogP contribution < -0.4 is 5.56 Å². The van der Waals surface area contributed by atoms with Crippen LogP contribution >= 0.6 is 11.5 Å². The highest BCUT2D eigenvalue weighted by molar-refractivity contribution is 7.13. The Hall–Kier alpha value is -1.91. The summed E-state index contributed by atoms with van der Waals surface area (Å²) >= 11 is 1.38. The lowest BCUT2D eigenvalue weighted by Gasteiger charge is -1.93. The standard InChI is InChI=1S/C8H10O.C7H5NOS/c9-7-6-8-4-2-1-3-5-8;9-7-5-3-1-2-4-6(5)10-8-7/h1-5,9H,6-7H2;1-4H,(H,8,9). The summed E-state index contributed by atoms with van der Waals surface area (Å²) in [6.07, 6.45) is 0.765. The SMILES string of the molecule is O=c1[nH]sc2ccccc12.OCCc1ccccc1. The molecule has 0 saturated carbocycles. The Kier molecular flexibility index (Phi) is 4.89. The van der Waals surface area contributed by atoms with Gasteiger partial charge < -0.3 is 5.11 Å². The number of rotatable bonds is 2. The van der Waals surface area contributed by atoms with Crippen molar-refractivity contribution in [3.05, 3.63) is 70.5 Å². The van der Waals surface area contributed by atoms with Gasteiger partial charge in [0.05, 0.1) is 10.1 Å². The van der Waals surface area contributed by atoms with Crippen LogP contribution in [0, 0.1) is 0 Å². The third kappa shape index (κ3) is 3.77. The fourth-order valence-corrected chi connectivity index (χ4v) is 2.40. The Labute approximate surface area is 115 Å². The molecule has 3 rings (SSSR count). The van der Waals surface area contributed by atoms with E-state index in [0.29, 0.717) is 0 Å². The molecule has 0 unspecified atom stereocenters. The third-order valence-electron chi connectivity index (χ3n) is 2.63. The molecule has 0 saturated heterocycles. The van der Waals surface area contributed by atoms with Crippen LogP contribution in [0.15, 0.2) is 59.4 Å². The third-order valence-corrected chi connectivity index (χ3v) is 3.49. The van der Waals surface area contributed by atoms with Crippen LogP contribution in [0.3, 0.4) is 0 Å². The molecule has 0 spiro atoms. The van der Waals surface area contributed by atoms with E-state index in [2.05, 4.69) is 4.37 Å². The minimum atomic E-state index is 0.0144. The fraction of sp³-hybridized carbons (Fsp3) is 0.133. The first-order valence-corrected chi connectivity index (χ1v) is 6.84. The van der Waals surface area contributed by atoms with Crippen LogP contribution in [0.5, 0.6) is 0 Å². The van der Waals surface area contributed by atoms with E-state index in [1.165, 1.54) is 17.1 Å². The molecule has 2 N–H and O–H groups in total. The van der Waals surface area contributed by atoms with Crippen LogP contribution in [0.4, 0.5) is 0 Å². The number of fused-ring (bicyclic) bond motifs is 1. The second kappa shape index (κ2) is 6.87. The summed E-state index contributed by atoms with van der Waals surface area (Å²) in [6.45, 7) is 0.240. The van der Waals surface area contributed by atoms with Crippen molar-refractivity contribution in [2.75, 3.05) is 6.61 Å². The molecule has 0 aliphatic rings. The number of nitrogens with one attached hydrogen (secondary N) is 1. The Bertz CT molecular complexity index is 673. The summed E-state index contributed by atoms with van der Waals surface area (Å²) in [4.78, 5) is 10.9. The van der Waals surface area contributed by atoms with E-state index in [4.69, 9.17) is 5.11 Å². The van der Waals surface area contributed by atoms with Gasteiger partial charge in [-0.1, -0.05) is 54.0 Å². The van der Waals surface area contributed by atoms with Gasteiger partial charge in [-0.05, 0) is 24.1 Å². The topological polar surface area (TPSA) is 53.1 Å². The van der Waals surface area contributed by atoms with Crippen molar-refractivity contribution in [2.24, 2.45) is 0 Å². The molecule has 0 bridgehead atoms. The Morgan fingerprint density at radius 2 is 1.68 bits per heavy atom. The smallest absolute Gasteiger partial charge is 0.265 e. The molecule has 4 heteroatoms. The maximum atomic E-state index is 10.9. The van der Waals surface area contributed by atoms with E-state index in [9.17, 15) is 4.79 Å². The van der Waals surface area contributed by atoms with Crippen LogP contribution in [0.25, 0.3) is 10.1 Å². The van der Waals surface area contributed by atoms with Gasteiger partial charge in [-0.25, -0.2) is 0 Å². The first-order chi connectivity index (χ1) is 9.31. The quantitative estimate of drug-likeness (QED) is 0.754. The van der Waals surface area contributed by atoms with Crippen LogP contribution in [-0.2, 0) is 6.42 Å². The van der Waals surface area contributed by atoms with Gasteiger partial charge in [-0.3, -0.25) is 9.17 Å². The van der Waals surface area contributed by atoms with Gasteiger partial charge in [0.1, 0.15) is 0 Å². The monoisotopic (exact) mass is 273 g/mol. The molecule has 0 aliphatic carbocycles. The van der Waals surface area contributed by atoms with E-state index in [0.717, 1.165) is 16.5 Å². The predicted octanol–water partition coefficient (Wildman–Crippen LogP) is 2.81. The molecule has 0 atom stereocenters. The average molecular weight is 273 g/mol. The Morgan fingerprint density at radius 3 is 2.37 bits per heavy atom. The molecule has 0 aliphatic heterocycles. The lowest BCUT2D eigenvalue weighted by atomic mass is 10.2. The van der Waals surface area contributed by atoms with Gasteiger partial charge in [0.2, 0.25) is 0 Å². The molecule has 19 heavy (non-hydrogen) atoms. The second-order valence-corrected chi connectivity index (χ2v) is 4.84. The molecule has 3 aromatic rings. The summed E-state index contributed by atoms with van der Waals surface area (Å²) in [7, 11) is 0. The number of H-pyrrole nitrogens is 1. The lowest BCUT2D eigenvalue weighted by molar-refractivity contribution is 0.299. The highest BCUT2D eigenvalue weighted by atomic mass is 32.1. The van der Waals surface area contributed by atoms with E-state index in [1.807, 2.05) is 54.6 Å². The summed E-state index contributed by atoms with van der Waals surface area (Å²) < 4.78 is 3.68. The molecule has 98 valence electrons. The molecular weight excluding hydrogens is 258 g/mol. The summed E-state index contributed by atoms with van der Waals surface area (Å²) in [6, 6.07) is 17.5. The van der Waals surface area contributed by atoms with Gasteiger partial charge >= 0.3 is 0 Å². The maximum Gasteiger partial charge on any atom is 0.265 e. The van der Waals surface area contributed by atoms with Crippen molar-refractivity contribution < 1.29 is 5.11 Å². The van der Waals surface area contributed by atoms with E-state index in [1.54, 1.807) is 0 Å². The van der Waals surface area contributed by atoms with Crippen molar-refractivity contribution in [2.45, 2.75) is 6.42 Å². The highest BCUT2D eigenvalue weighted by Gasteiger charge is 1.96. The molecule has 2 aromatic carbocycles. The number of aromatic nitrogens is 1. The molecule has 0 fully saturated rings. The lowest BCUT2D eigenvalue weighted by Crippen LogP contribution is -1.94. The number of aliphatic hydroxyl groups excluding tert-OH is 1. The predicted molar refractivity (Wildman–Crippen MR) is 79.7 cm³/mol. The van der Waals surface area contributed by atoms with Gasteiger partial charge in [-0.2, -0.15) is 0 Å². The number of aliphatic hydroxyl groups is 1. The summed E-state index contributed by atoms with van der Waals surface area (Å²) in [5, 5.41) is 9.30. The summed E-state index contributed by atoms with van der Waals surface area (Å²) in [5.74, 6) is 0. The molecule has 1 aromatic heterocycles. The van der Waals surface area contributed by atoms with Crippen LogP contribution in [0.1, 0.15) is 5.56 Å². The second-order valence-electron chi connectivity index (χ2n) is 3.99. The number of benzene rings is 2. The van der Waals surface area contributed by atoms with E-state index in [-0.39, 0.29) is 12.2 Å². The number of hydrogen-bond donors (Lipinski definition) is 2. The van der Waals surface area contributed by atoms with Crippen molar-refractivity contribution >= 4 is 21.6 Å². The maximum absolute atomic E-state index is 10.9. The molecule has 3 nitrogen and oxygen atoms in total. The van der Waals surface area contributed by atoms with Crippen molar-refractivity contribution in [1.29, 1.82) is 0 Å². The summed E-state index contributed by atoms with van der Waals surface area (Å²) in [5.41, 5.74) is 1.21. The normalized spacial score (nSPS) is 9.95. The van der Waals surface area contributed by atoms with Gasteiger partial charge in [-0.15, -0.1) is 0 Å². The molecule has 0 amide bonds. The van der Waals surface area contributed by atoms with Crippen molar-refractivity contribution in [3.8, 4) is 0 Å². The highest BCUT2D eigenvalue weighted by Crippen LogP contribution is 2.11. The minimum Gasteiger partial charge on any atom is -0.396 e. The van der Waals surface area contributed by atoms with E-state index >= 15 is 0 Å². The first kappa shape index (κ1) is 13.5. The Morgan fingerprint density at radius 1 is 1.00 bits per heavy atom. The number of hydrogen-bond acceptors (Lipinski definition) is 3. The minimum absolute atomic E-state index is 0.0144. The van der Waals surface area contributed by atoms with Crippen LogP contribution in [0.2, 0.25) is 0 Å². The molecule has 0 radical (unpaired) electrons. The molecule has 1 heterocycles. The Balaban J connectivity index is 0.000000141. The van der Waals surface area contributed by atoms with Gasteiger partial charge in [0, 0.05) is 6.61 Å². The van der Waals surface area contributed by atoms with Gasteiger partial charge in [0.25, 0.3) is 5.56 Å². The first-order valence-electron chi connectivity index (χ1n) is 6.02.